The zero-order chi connectivity index (χ0) is 24.7. The van der Waals surface area contributed by atoms with Crippen molar-refractivity contribution in [2.45, 2.75) is 63.8 Å². The standard InChI is InChI=1S/C28H35N3O3S/c29-19-22-10-8-21(9-11-22)18-28(27(33)34-20-23-5-2-1-3-6-23)12-14-31(15-13-28)26(32)25(30)17-24-7-4-16-35-24/h4,7-11,16,23,25H,1-3,5-6,12-15,17-18,20,30H2/t25-/m0/s1. The Morgan fingerprint density at radius 3 is 2.49 bits per heavy atom. The lowest BCUT2D eigenvalue weighted by molar-refractivity contribution is -0.162. The molecule has 0 unspecified atom stereocenters. The van der Waals surface area contributed by atoms with E-state index in [0.29, 0.717) is 56.9 Å². The molecule has 1 amide bonds. The van der Waals surface area contributed by atoms with Crippen LogP contribution < -0.4 is 5.73 Å². The van der Waals surface area contributed by atoms with Crippen molar-refractivity contribution in [2.24, 2.45) is 17.1 Å². The highest BCUT2D eigenvalue weighted by Gasteiger charge is 2.44. The molecule has 0 radical (unpaired) electrons. The van der Waals surface area contributed by atoms with Gasteiger partial charge in [-0.2, -0.15) is 5.26 Å². The average molecular weight is 494 g/mol. The molecule has 2 heterocycles. The maximum Gasteiger partial charge on any atom is 0.312 e. The highest BCUT2D eigenvalue weighted by molar-refractivity contribution is 7.09. The van der Waals surface area contributed by atoms with Crippen LogP contribution in [0.5, 0.6) is 0 Å². The number of piperidine rings is 1. The number of esters is 1. The van der Waals surface area contributed by atoms with Gasteiger partial charge in [0.1, 0.15) is 0 Å². The second-order valence-corrected chi connectivity index (χ2v) is 11.1. The van der Waals surface area contributed by atoms with Crippen molar-refractivity contribution in [3.8, 4) is 6.07 Å². The summed E-state index contributed by atoms with van der Waals surface area (Å²) in [5.41, 5.74) is 7.18. The van der Waals surface area contributed by atoms with Crippen molar-refractivity contribution in [2.75, 3.05) is 19.7 Å². The summed E-state index contributed by atoms with van der Waals surface area (Å²) in [5.74, 6) is 0.250. The molecule has 0 bridgehead atoms. The van der Waals surface area contributed by atoms with E-state index >= 15 is 0 Å². The van der Waals surface area contributed by atoms with Crippen LogP contribution in [0.25, 0.3) is 0 Å². The Kier molecular flexibility index (Phi) is 8.59. The minimum Gasteiger partial charge on any atom is -0.465 e. The molecule has 6 nitrogen and oxygen atoms in total. The zero-order valence-electron chi connectivity index (χ0n) is 20.3. The number of nitriles is 1. The van der Waals surface area contributed by atoms with Crippen molar-refractivity contribution >= 4 is 23.2 Å². The van der Waals surface area contributed by atoms with Crippen LogP contribution in [0.15, 0.2) is 41.8 Å². The number of rotatable bonds is 8. The number of carbonyl (C=O) groups excluding carboxylic acids is 2. The number of likely N-dealkylation sites (tertiary alicyclic amines) is 1. The first-order valence-electron chi connectivity index (χ1n) is 12.7. The molecule has 1 aromatic carbocycles. The van der Waals surface area contributed by atoms with E-state index in [4.69, 9.17) is 15.7 Å². The van der Waals surface area contributed by atoms with E-state index in [1.165, 1.54) is 19.3 Å². The van der Waals surface area contributed by atoms with Gasteiger partial charge in [-0.05, 0) is 67.2 Å². The van der Waals surface area contributed by atoms with Crippen molar-refractivity contribution in [1.29, 1.82) is 5.26 Å². The maximum atomic E-state index is 13.5. The molecule has 7 heteroatoms. The molecular formula is C28H35N3O3S. The van der Waals surface area contributed by atoms with Gasteiger partial charge in [-0.25, -0.2) is 0 Å². The van der Waals surface area contributed by atoms with Crippen molar-refractivity contribution in [1.82, 2.24) is 4.90 Å². The molecule has 2 aliphatic rings. The van der Waals surface area contributed by atoms with E-state index in [0.717, 1.165) is 23.3 Å². The van der Waals surface area contributed by atoms with Crippen LogP contribution in [0, 0.1) is 22.7 Å². The third-order valence-corrected chi connectivity index (χ3v) is 8.48. The van der Waals surface area contributed by atoms with Gasteiger partial charge in [0.2, 0.25) is 5.91 Å². The average Bonchev–Trinajstić information content (AvgIpc) is 3.41. The Balaban J connectivity index is 1.42. The lowest BCUT2D eigenvalue weighted by atomic mass is 9.73. The normalized spacial score (nSPS) is 19.0. The number of hydrogen-bond acceptors (Lipinski definition) is 6. The topological polar surface area (TPSA) is 96.4 Å². The smallest absolute Gasteiger partial charge is 0.312 e. The molecule has 1 aliphatic heterocycles. The van der Waals surface area contributed by atoms with E-state index in [-0.39, 0.29) is 11.9 Å². The Bertz CT molecular complexity index is 1010. The summed E-state index contributed by atoms with van der Waals surface area (Å²) >= 11 is 1.61. The molecule has 2 fully saturated rings. The largest absolute Gasteiger partial charge is 0.465 e. The third-order valence-electron chi connectivity index (χ3n) is 7.58. The van der Waals surface area contributed by atoms with Gasteiger partial charge in [0.15, 0.2) is 0 Å². The van der Waals surface area contributed by atoms with Gasteiger partial charge in [0.25, 0.3) is 0 Å². The summed E-state index contributed by atoms with van der Waals surface area (Å²) in [7, 11) is 0. The number of ether oxygens (including phenoxy) is 1. The van der Waals surface area contributed by atoms with Crippen LogP contribution >= 0.6 is 11.3 Å². The number of amides is 1. The first-order chi connectivity index (χ1) is 17.0. The summed E-state index contributed by atoms with van der Waals surface area (Å²) in [5, 5.41) is 11.1. The first-order valence-corrected chi connectivity index (χ1v) is 13.6. The summed E-state index contributed by atoms with van der Waals surface area (Å²) in [6.45, 7) is 1.47. The molecule has 1 aliphatic carbocycles. The van der Waals surface area contributed by atoms with Crippen molar-refractivity contribution < 1.29 is 14.3 Å². The lowest BCUT2D eigenvalue weighted by Gasteiger charge is -2.41. The van der Waals surface area contributed by atoms with E-state index in [9.17, 15) is 9.59 Å². The van der Waals surface area contributed by atoms with Crippen molar-refractivity contribution in [3.63, 3.8) is 0 Å². The number of benzene rings is 1. The second kappa shape index (κ2) is 11.8. The van der Waals surface area contributed by atoms with Crippen LogP contribution in [0.4, 0.5) is 0 Å². The summed E-state index contributed by atoms with van der Waals surface area (Å²) in [4.78, 5) is 29.4. The third kappa shape index (κ3) is 6.50. The fraction of sp³-hybridized carbons (Fsp3) is 0.536. The number of carbonyl (C=O) groups is 2. The van der Waals surface area contributed by atoms with Crippen LogP contribution in [-0.4, -0.2) is 42.5 Å². The minimum atomic E-state index is -0.669. The monoisotopic (exact) mass is 493 g/mol. The molecule has 1 aromatic heterocycles. The molecule has 35 heavy (non-hydrogen) atoms. The van der Waals surface area contributed by atoms with E-state index < -0.39 is 11.5 Å². The SMILES string of the molecule is N#Cc1ccc(CC2(C(=O)OCC3CCCCC3)CCN(C(=O)[C@@H](N)Cc3cccs3)CC2)cc1. The molecule has 186 valence electrons. The molecule has 0 spiro atoms. The molecule has 1 saturated heterocycles. The van der Waals surface area contributed by atoms with Gasteiger partial charge in [-0.3, -0.25) is 9.59 Å². The van der Waals surface area contributed by atoms with Gasteiger partial charge in [-0.15, -0.1) is 11.3 Å². The summed E-state index contributed by atoms with van der Waals surface area (Å²) in [6.07, 6.45) is 8.12. The Morgan fingerprint density at radius 2 is 1.86 bits per heavy atom. The van der Waals surface area contributed by atoms with E-state index in [1.807, 2.05) is 34.5 Å². The molecular weight excluding hydrogens is 458 g/mol. The van der Waals surface area contributed by atoms with Crippen molar-refractivity contribution in [3.05, 3.63) is 57.8 Å². The Hall–Kier alpha value is -2.69. The number of thiophene rings is 1. The highest BCUT2D eigenvalue weighted by atomic mass is 32.1. The zero-order valence-corrected chi connectivity index (χ0v) is 21.1. The van der Waals surface area contributed by atoms with Gasteiger partial charge < -0.3 is 15.4 Å². The van der Waals surface area contributed by atoms with Crippen LogP contribution in [0.1, 0.15) is 60.9 Å². The summed E-state index contributed by atoms with van der Waals surface area (Å²) < 4.78 is 5.94. The highest BCUT2D eigenvalue weighted by Crippen LogP contribution is 2.37. The number of hydrogen-bond donors (Lipinski definition) is 1. The fourth-order valence-electron chi connectivity index (χ4n) is 5.36. The van der Waals surface area contributed by atoms with Gasteiger partial charge in [0, 0.05) is 24.4 Å². The number of nitrogens with two attached hydrogens (primary N) is 1. The van der Waals surface area contributed by atoms with Crippen LogP contribution in [0.2, 0.25) is 0 Å². The molecule has 4 rings (SSSR count). The van der Waals surface area contributed by atoms with Gasteiger partial charge >= 0.3 is 5.97 Å². The summed E-state index contributed by atoms with van der Waals surface area (Å²) in [6, 6.07) is 13.0. The van der Waals surface area contributed by atoms with E-state index in [2.05, 4.69) is 6.07 Å². The first kappa shape index (κ1) is 25.4. The second-order valence-electron chi connectivity index (χ2n) is 10.1. The Labute approximate surface area is 212 Å². The molecule has 1 atom stereocenters. The van der Waals surface area contributed by atoms with Gasteiger partial charge in [0.05, 0.1) is 29.7 Å². The molecule has 2 aromatic rings. The Morgan fingerprint density at radius 1 is 1.14 bits per heavy atom. The molecule has 2 N–H and O–H groups in total. The molecule has 1 saturated carbocycles. The minimum absolute atomic E-state index is 0.0547. The fourth-order valence-corrected chi connectivity index (χ4v) is 6.13. The number of nitrogens with zero attached hydrogens (tertiary/aromatic N) is 2. The van der Waals surface area contributed by atoms with E-state index in [1.54, 1.807) is 23.5 Å². The van der Waals surface area contributed by atoms with Crippen LogP contribution in [-0.2, 0) is 27.2 Å². The maximum absolute atomic E-state index is 13.5. The van der Waals surface area contributed by atoms with Gasteiger partial charge in [-0.1, -0.05) is 37.5 Å². The predicted molar refractivity (Wildman–Crippen MR) is 137 cm³/mol. The predicted octanol–water partition coefficient (Wildman–Crippen LogP) is 4.46. The lowest BCUT2D eigenvalue weighted by Crippen LogP contribution is -2.52. The van der Waals surface area contributed by atoms with Crippen LogP contribution in [0.3, 0.4) is 0 Å². The quantitative estimate of drug-likeness (QED) is 0.548.